The van der Waals surface area contributed by atoms with Gasteiger partial charge in [0.25, 0.3) is 0 Å². The van der Waals surface area contributed by atoms with Crippen molar-refractivity contribution in [1.82, 2.24) is 24.4 Å². The van der Waals surface area contributed by atoms with Crippen LogP contribution in [0.3, 0.4) is 0 Å². The van der Waals surface area contributed by atoms with Crippen LogP contribution in [0.5, 0.6) is 5.88 Å². The van der Waals surface area contributed by atoms with Crippen LogP contribution in [0.25, 0.3) is 11.0 Å². The van der Waals surface area contributed by atoms with Gasteiger partial charge in [-0.1, -0.05) is 6.07 Å². The summed E-state index contributed by atoms with van der Waals surface area (Å²) in [4.78, 5) is 30.2. The Morgan fingerprint density at radius 1 is 1.20 bits per heavy atom. The van der Waals surface area contributed by atoms with Gasteiger partial charge in [0.05, 0.1) is 47.0 Å². The summed E-state index contributed by atoms with van der Waals surface area (Å²) in [5, 5.41) is 18.5. The summed E-state index contributed by atoms with van der Waals surface area (Å²) in [6.45, 7) is 6.98. The number of nitriles is 1. The van der Waals surface area contributed by atoms with Gasteiger partial charge in [-0.2, -0.15) is 10.2 Å². The Balaban J connectivity index is 1.13. The van der Waals surface area contributed by atoms with E-state index < -0.39 is 5.97 Å². The normalized spacial score (nSPS) is 19.1. The molecule has 2 fully saturated rings. The molecular formula is C30H31N7O4. The first-order valence-electron chi connectivity index (χ1n) is 13.7. The second-order valence-electron chi connectivity index (χ2n) is 10.5. The molecular weight excluding hydrogens is 522 g/mol. The maximum absolute atomic E-state index is 11.6. The van der Waals surface area contributed by atoms with Crippen LogP contribution in [0.4, 0.5) is 5.82 Å². The number of imidazole rings is 1. The molecule has 0 aliphatic carbocycles. The Bertz CT molecular complexity index is 1590. The highest BCUT2D eigenvalue weighted by atomic mass is 16.5. The summed E-state index contributed by atoms with van der Waals surface area (Å²) in [5.74, 6) is 1.36. The van der Waals surface area contributed by atoms with Gasteiger partial charge in [-0.3, -0.25) is 9.88 Å². The number of carbonyl (C=O) groups is 1. The topological polar surface area (TPSA) is 130 Å². The molecule has 2 atom stereocenters. The van der Waals surface area contributed by atoms with E-state index in [0.29, 0.717) is 24.5 Å². The van der Waals surface area contributed by atoms with Gasteiger partial charge in [0, 0.05) is 44.5 Å². The van der Waals surface area contributed by atoms with Crippen LogP contribution in [0, 0.1) is 11.3 Å². The van der Waals surface area contributed by atoms with Gasteiger partial charge >= 0.3 is 5.97 Å². The van der Waals surface area contributed by atoms with Gasteiger partial charge in [-0.05, 0) is 49.7 Å². The van der Waals surface area contributed by atoms with Crippen molar-refractivity contribution in [3.05, 3.63) is 77.4 Å². The fraction of sp³-hybridized carbons (Fsp3) is 0.367. The molecule has 11 heteroatoms. The van der Waals surface area contributed by atoms with Crippen molar-refractivity contribution in [3.8, 4) is 11.9 Å². The smallest absolute Gasteiger partial charge is 0.335 e. The quantitative estimate of drug-likeness (QED) is 0.329. The summed E-state index contributed by atoms with van der Waals surface area (Å²) in [5.41, 5.74) is 3.13. The minimum atomic E-state index is -0.945. The Morgan fingerprint density at radius 3 is 2.78 bits per heavy atom. The highest BCUT2D eigenvalue weighted by molar-refractivity contribution is 5.92. The number of hydrogen-bond donors (Lipinski definition) is 1. The Hall–Kier alpha value is -4.53. The van der Waals surface area contributed by atoms with E-state index in [1.807, 2.05) is 18.2 Å². The summed E-state index contributed by atoms with van der Waals surface area (Å²) in [6.07, 6.45) is 2.65. The average Bonchev–Trinajstić information content (AvgIpc) is 3.31. The van der Waals surface area contributed by atoms with Crippen molar-refractivity contribution in [2.45, 2.75) is 45.2 Å². The first kappa shape index (κ1) is 26.7. The average molecular weight is 554 g/mol. The fourth-order valence-corrected chi connectivity index (χ4v) is 5.27. The van der Waals surface area contributed by atoms with Gasteiger partial charge in [-0.25, -0.2) is 9.78 Å². The molecule has 5 heterocycles. The van der Waals surface area contributed by atoms with Crippen molar-refractivity contribution < 1.29 is 19.4 Å². The van der Waals surface area contributed by atoms with Crippen LogP contribution in [-0.2, 0) is 24.4 Å². The largest absolute Gasteiger partial charge is 0.478 e. The van der Waals surface area contributed by atoms with Crippen LogP contribution in [0.15, 0.2) is 54.7 Å². The van der Waals surface area contributed by atoms with E-state index >= 15 is 0 Å². The number of hydrogen-bond acceptors (Lipinski definition) is 9. The van der Waals surface area contributed by atoms with Gasteiger partial charge in [0.1, 0.15) is 24.3 Å². The third-order valence-corrected chi connectivity index (χ3v) is 7.72. The number of piperazine rings is 1. The van der Waals surface area contributed by atoms with Gasteiger partial charge in [-0.15, -0.1) is 0 Å². The van der Waals surface area contributed by atoms with Crippen molar-refractivity contribution >= 4 is 22.8 Å². The molecule has 41 heavy (non-hydrogen) atoms. The monoisotopic (exact) mass is 553 g/mol. The second kappa shape index (κ2) is 11.5. The van der Waals surface area contributed by atoms with E-state index in [9.17, 15) is 9.90 Å². The molecule has 4 aromatic rings. The van der Waals surface area contributed by atoms with Crippen molar-refractivity contribution in [1.29, 1.82) is 5.26 Å². The molecule has 0 unspecified atom stereocenters. The summed E-state index contributed by atoms with van der Waals surface area (Å²) in [6, 6.07) is 16.7. The number of carboxylic acids is 1. The standard InChI is InChI=1S/C30H31N7O4/c1-20-16-36(27-3-2-4-29(34-27)41-19-23-7-5-21(14-31)15-32-23)11-10-35(20)18-28-33-25-8-6-22(30(38)39)13-26(25)37(28)17-24-9-12-40-24/h2-8,13,15,20,24H,9-12,16-19H2,1H3,(H,38,39)/t20-,24-/m0/s1. The predicted octanol–water partition coefficient (Wildman–Crippen LogP) is 3.47. The van der Waals surface area contributed by atoms with Gasteiger partial charge in [0.2, 0.25) is 5.88 Å². The first-order chi connectivity index (χ1) is 20.0. The number of nitrogens with zero attached hydrogens (tertiary/aromatic N) is 7. The number of benzene rings is 1. The van der Waals surface area contributed by atoms with E-state index in [2.05, 4.69) is 32.3 Å². The molecule has 3 aromatic heterocycles. The molecule has 0 amide bonds. The van der Waals surface area contributed by atoms with E-state index in [-0.39, 0.29) is 24.3 Å². The van der Waals surface area contributed by atoms with Crippen LogP contribution in [-0.4, -0.2) is 73.9 Å². The van der Waals surface area contributed by atoms with Crippen molar-refractivity contribution in [2.75, 3.05) is 31.1 Å². The number of carboxylic acid groups (broad SMARTS) is 1. The number of aromatic carboxylic acids is 1. The molecule has 2 aliphatic rings. The number of aromatic nitrogens is 4. The summed E-state index contributed by atoms with van der Waals surface area (Å²) >= 11 is 0. The molecule has 11 nitrogen and oxygen atoms in total. The van der Waals surface area contributed by atoms with Crippen LogP contribution in [0.2, 0.25) is 0 Å². The maximum atomic E-state index is 11.6. The molecule has 0 radical (unpaired) electrons. The van der Waals surface area contributed by atoms with E-state index in [4.69, 9.17) is 24.7 Å². The molecule has 2 saturated heterocycles. The molecule has 1 N–H and O–H groups in total. The zero-order valence-corrected chi connectivity index (χ0v) is 22.8. The third-order valence-electron chi connectivity index (χ3n) is 7.72. The number of rotatable bonds is 9. The van der Waals surface area contributed by atoms with E-state index in [0.717, 1.165) is 61.0 Å². The molecule has 0 bridgehead atoms. The highest BCUT2D eigenvalue weighted by Gasteiger charge is 2.28. The zero-order valence-electron chi connectivity index (χ0n) is 22.8. The molecule has 0 saturated carbocycles. The molecule has 2 aliphatic heterocycles. The number of ether oxygens (including phenoxy) is 2. The molecule has 1 aromatic carbocycles. The SMILES string of the molecule is C[C@H]1CN(c2cccc(OCc3ccc(C#N)cn3)n2)CCN1Cc1nc2ccc(C(=O)O)cc2n1C[C@@H]1CCO1. The fourth-order valence-electron chi connectivity index (χ4n) is 5.27. The van der Waals surface area contributed by atoms with Crippen molar-refractivity contribution in [2.24, 2.45) is 0 Å². The number of fused-ring (bicyclic) bond motifs is 1. The lowest BCUT2D eigenvalue weighted by Gasteiger charge is -2.40. The molecule has 210 valence electrons. The lowest BCUT2D eigenvalue weighted by molar-refractivity contribution is -0.0592. The van der Waals surface area contributed by atoms with E-state index in [1.54, 1.807) is 30.3 Å². The molecule has 0 spiro atoms. The number of pyridine rings is 2. The predicted molar refractivity (Wildman–Crippen MR) is 151 cm³/mol. The second-order valence-corrected chi connectivity index (χ2v) is 10.5. The van der Waals surface area contributed by atoms with Gasteiger partial charge in [0.15, 0.2) is 0 Å². The minimum Gasteiger partial charge on any atom is -0.478 e. The lowest BCUT2D eigenvalue weighted by atomic mass is 10.1. The minimum absolute atomic E-state index is 0.127. The Morgan fingerprint density at radius 2 is 2.07 bits per heavy atom. The Labute approximate surface area is 237 Å². The Kier molecular flexibility index (Phi) is 7.50. The highest BCUT2D eigenvalue weighted by Crippen LogP contribution is 2.26. The van der Waals surface area contributed by atoms with Crippen molar-refractivity contribution in [3.63, 3.8) is 0 Å². The van der Waals surface area contributed by atoms with Crippen LogP contribution < -0.4 is 9.64 Å². The number of anilines is 1. The summed E-state index contributed by atoms with van der Waals surface area (Å²) < 4.78 is 13.7. The van der Waals surface area contributed by atoms with Crippen LogP contribution >= 0.6 is 0 Å². The van der Waals surface area contributed by atoms with Crippen LogP contribution in [0.1, 0.15) is 40.8 Å². The lowest BCUT2D eigenvalue weighted by Crippen LogP contribution is -2.52. The zero-order chi connectivity index (χ0) is 28.3. The van der Waals surface area contributed by atoms with Gasteiger partial charge < -0.3 is 24.0 Å². The van der Waals surface area contributed by atoms with E-state index in [1.165, 1.54) is 6.20 Å². The summed E-state index contributed by atoms with van der Waals surface area (Å²) in [7, 11) is 0. The maximum Gasteiger partial charge on any atom is 0.335 e. The molecule has 6 rings (SSSR count). The first-order valence-corrected chi connectivity index (χ1v) is 13.7. The third kappa shape index (κ3) is 5.84.